The van der Waals surface area contributed by atoms with Gasteiger partial charge in [0.25, 0.3) is 0 Å². The molecule has 2 atom stereocenters. The number of benzene rings is 9. The molecule has 0 bridgehead atoms. The highest BCUT2D eigenvalue weighted by atomic mass is 15.2. The summed E-state index contributed by atoms with van der Waals surface area (Å²) in [5.74, 6) is 0.328. The maximum absolute atomic E-state index is 2.53. The van der Waals surface area contributed by atoms with Gasteiger partial charge in [-0.3, -0.25) is 0 Å². The Morgan fingerprint density at radius 3 is 1.37 bits per heavy atom. The Morgan fingerprint density at radius 2 is 0.742 bits per heavy atom. The maximum atomic E-state index is 2.53. The zero-order valence-corrected chi connectivity index (χ0v) is 34.3. The number of nitrogens with zero attached hydrogens (tertiary/aromatic N) is 2. The van der Waals surface area contributed by atoms with Crippen molar-refractivity contribution in [1.82, 2.24) is 0 Å². The topological polar surface area (TPSA) is 6.48 Å². The molecule has 0 saturated heterocycles. The van der Waals surface area contributed by atoms with Crippen molar-refractivity contribution in [1.29, 1.82) is 0 Å². The molecule has 2 heteroatoms. The molecule has 0 amide bonds. The Kier molecular flexibility index (Phi) is 9.72. The SMILES string of the molecule is C1=CC2c3ccccc3N(c3ccccc3-c3ccc(N(c4ccc(-c5ccc(-c6ccccc6)cc5)cc4)c4ccc(-c5ccccc5)c(-c5ccccc5)c4)cc3)C2C=C1. The van der Waals surface area contributed by atoms with Gasteiger partial charge in [0.05, 0.1) is 6.04 Å². The zero-order chi connectivity index (χ0) is 41.2. The second-order valence-electron chi connectivity index (χ2n) is 16.1. The number of hydrogen-bond donors (Lipinski definition) is 0. The van der Waals surface area contributed by atoms with Gasteiger partial charge >= 0.3 is 0 Å². The molecule has 9 aromatic carbocycles. The summed E-state index contributed by atoms with van der Waals surface area (Å²) in [5, 5.41) is 0. The number of anilines is 5. The van der Waals surface area contributed by atoms with E-state index in [0.717, 1.165) is 17.1 Å². The number of rotatable bonds is 9. The largest absolute Gasteiger partial charge is 0.333 e. The van der Waals surface area contributed by atoms with Crippen molar-refractivity contribution < 1.29 is 0 Å². The van der Waals surface area contributed by atoms with E-state index in [9.17, 15) is 0 Å². The van der Waals surface area contributed by atoms with E-state index in [1.165, 1.54) is 72.6 Å². The molecule has 0 N–H and O–H groups in total. The minimum atomic E-state index is 0.232. The van der Waals surface area contributed by atoms with Crippen molar-refractivity contribution in [3.05, 3.63) is 260 Å². The Bertz CT molecular complexity index is 3040. The highest BCUT2D eigenvalue weighted by molar-refractivity contribution is 5.91. The highest BCUT2D eigenvalue weighted by Gasteiger charge is 2.37. The second kappa shape index (κ2) is 16.3. The van der Waals surface area contributed by atoms with Crippen molar-refractivity contribution in [3.63, 3.8) is 0 Å². The lowest BCUT2D eigenvalue weighted by Crippen LogP contribution is -2.28. The molecule has 0 fully saturated rings. The predicted octanol–water partition coefficient (Wildman–Crippen LogP) is 16.2. The average Bonchev–Trinajstić information content (AvgIpc) is 3.70. The number of para-hydroxylation sites is 2. The van der Waals surface area contributed by atoms with Crippen LogP contribution >= 0.6 is 0 Å². The molecule has 0 radical (unpaired) electrons. The van der Waals surface area contributed by atoms with Gasteiger partial charge in [0, 0.05) is 39.9 Å². The van der Waals surface area contributed by atoms with Crippen LogP contribution < -0.4 is 9.80 Å². The first-order valence-electron chi connectivity index (χ1n) is 21.5. The minimum absolute atomic E-state index is 0.232. The molecule has 0 aromatic heterocycles. The third-order valence-electron chi connectivity index (χ3n) is 12.4. The first-order chi connectivity index (χ1) is 30.8. The van der Waals surface area contributed by atoms with Gasteiger partial charge in [0.1, 0.15) is 0 Å². The van der Waals surface area contributed by atoms with Gasteiger partial charge in [0.15, 0.2) is 0 Å². The molecule has 294 valence electrons. The molecule has 1 heterocycles. The fraction of sp³-hybridized carbons (Fsp3) is 0.0333. The van der Waals surface area contributed by atoms with E-state index in [4.69, 9.17) is 0 Å². The van der Waals surface area contributed by atoms with Crippen LogP contribution in [0.2, 0.25) is 0 Å². The van der Waals surface area contributed by atoms with Crippen molar-refractivity contribution in [2.24, 2.45) is 0 Å². The number of fused-ring (bicyclic) bond motifs is 3. The number of allylic oxidation sites excluding steroid dienone is 2. The van der Waals surface area contributed by atoms with E-state index in [1.54, 1.807) is 0 Å². The van der Waals surface area contributed by atoms with Crippen LogP contribution in [0.1, 0.15) is 11.5 Å². The molecule has 1 aliphatic carbocycles. The smallest absolute Gasteiger partial charge is 0.0629 e. The van der Waals surface area contributed by atoms with Crippen LogP contribution in [-0.2, 0) is 0 Å². The maximum Gasteiger partial charge on any atom is 0.0629 e. The molecule has 2 nitrogen and oxygen atoms in total. The van der Waals surface area contributed by atoms with Crippen LogP contribution in [0.4, 0.5) is 28.4 Å². The van der Waals surface area contributed by atoms with Gasteiger partial charge in [-0.25, -0.2) is 0 Å². The first kappa shape index (κ1) is 37.1. The summed E-state index contributed by atoms with van der Waals surface area (Å²) in [6, 6.07) is 83.9. The molecule has 2 unspecified atom stereocenters. The Labute approximate surface area is 364 Å². The lowest BCUT2D eigenvalue weighted by molar-refractivity contribution is 0.745. The molecule has 2 aliphatic rings. The lowest BCUT2D eigenvalue weighted by atomic mass is 9.91. The Balaban J connectivity index is 0.997. The molecule has 1 aliphatic heterocycles. The van der Waals surface area contributed by atoms with Gasteiger partial charge < -0.3 is 9.80 Å². The van der Waals surface area contributed by atoms with Gasteiger partial charge in [-0.1, -0.05) is 206 Å². The molecule has 9 aromatic rings. The highest BCUT2D eigenvalue weighted by Crippen LogP contribution is 2.50. The first-order valence-corrected chi connectivity index (χ1v) is 21.5. The summed E-state index contributed by atoms with van der Waals surface area (Å²) in [7, 11) is 0. The van der Waals surface area contributed by atoms with Crippen molar-refractivity contribution in [3.8, 4) is 55.6 Å². The fourth-order valence-electron chi connectivity index (χ4n) is 9.42. The summed E-state index contributed by atoms with van der Waals surface area (Å²) in [4.78, 5) is 4.92. The van der Waals surface area contributed by atoms with Crippen LogP contribution in [0.25, 0.3) is 55.6 Å². The Morgan fingerprint density at radius 1 is 0.306 bits per heavy atom. The summed E-state index contributed by atoms with van der Waals surface area (Å²) >= 11 is 0. The predicted molar refractivity (Wildman–Crippen MR) is 262 cm³/mol. The second-order valence-corrected chi connectivity index (χ2v) is 16.1. The van der Waals surface area contributed by atoms with E-state index in [2.05, 4.69) is 265 Å². The Hall–Kier alpha value is -7.94. The molecule has 62 heavy (non-hydrogen) atoms. The summed E-state index contributed by atoms with van der Waals surface area (Å²) in [6.45, 7) is 0. The third kappa shape index (κ3) is 6.92. The monoisotopic (exact) mass is 792 g/mol. The van der Waals surface area contributed by atoms with Gasteiger partial charge in [-0.2, -0.15) is 0 Å². The lowest BCUT2D eigenvalue weighted by Gasteiger charge is -2.31. The van der Waals surface area contributed by atoms with Crippen LogP contribution in [0.5, 0.6) is 0 Å². The van der Waals surface area contributed by atoms with E-state index >= 15 is 0 Å². The van der Waals surface area contributed by atoms with Crippen LogP contribution in [-0.4, -0.2) is 6.04 Å². The zero-order valence-electron chi connectivity index (χ0n) is 34.3. The molecular weight excluding hydrogens is 749 g/mol. The van der Waals surface area contributed by atoms with E-state index in [0.29, 0.717) is 5.92 Å². The van der Waals surface area contributed by atoms with Crippen LogP contribution in [0.3, 0.4) is 0 Å². The fourth-order valence-corrected chi connectivity index (χ4v) is 9.42. The third-order valence-corrected chi connectivity index (χ3v) is 12.4. The van der Waals surface area contributed by atoms with Gasteiger partial charge in [0.2, 0.25) is 0 Å². The van der Waals surface area contributed by atoms with Crippen LogP contribution in [0, 0.1) is 0 Å². The van der Waals surface area contributed by atoms with Crippen molar-refractivity contribution in [2.75, 3.05) is 9.80 Å². The summed E-state index contributed by atoms with van der Waals surface area (Å²) in [5.41, 5.74) is 19.1. The standard InChI is InChI=1S/C60H44N2/c1-4-16-43(17-5-1)44-28-30-45(31-29-44)46-32-36-50(37-33-46)61(52-40-41-53(47-18-6-2-7-19-47)57(42-52)48-20-8-3-9-21-48)51-38-34-49(35-39-51)54-22-10-13-25-58(54)62-59-26-14-11-23-55(59)56-24-12-15-27-60(56)62/h1-42,55,59H. The average molecular weight is 793 g/mol. The minimum Gasteiger partial charge on any atom is -0.333 e. The van der Waals surface area contributed by atoms with Crippen LogP contribution in [0.15, 0.2) is 255 Å². The molecular formula is C60H44N2. The van der Waals surface area contributed by atoms with Gasteiger partial charge in [-0.15, -0.1) is 0 Å². The van der Waals surface area contributed by atoms with E-state index < -0.39 is 0 Å². The normalized spacial score (nSPS) is 14.9. The summed E-state index contributed by atoms with van der Waals surface area (Å²) < 4.78 is 0. The molecule has 11 rings (SSSR count). The molecule has 0 spiro atoms. The quantitative estimate of drug-likeness (QED) is 0.144. The van der Waals surface area contributed by atoms with Crippen molar-refractivity contribution >= 4 is 28.4 Å². The summed E-state index contributed by atoms with van der Waals surface area (Å²) in [6.07, 6.45) is 9.07. The van der Waals surface area contributed by atoms with Gasteiger partial charge in [-0.05, 0) is 104 Å². The molecule has 0 saturated carbocycles. The van der Waals surface area contributed by atoms with E-state index in [-0.39, 0.29) is 6.04 Å². The van der Waals surface area contributed by atoms with Crippen molar-refractivity contribution in [2.45, 2.75) is 12.0 Å². The number of hydrogen-bond acceptors (Lipinski definition) is 2. The van der Waals surface area contributed by atoms with E-state index in [1.807, 2.05) is 0 Å².